The molecule has 14 heavy (non-hydrogen) atoms. The lowest BCUT2D eigenvalue weighted by molar-refractivity contribution is 0.171. The van der Waals surface area contributed by atoms with E-state index in [0.29, 0.717) is 18.2 Å². The van der Waals surface area contributed by atoms with Crippen molar-refractivity contribution in [1.29, 1.82) is 0 Å². The predicted molar refractivity (Wildman–Crippen MR) is 55.2 cm³/mol. The SMILES string of the molecule is CNCc1cc2c(cc1Cl)OCCO2. The summed E-state index contributed by atoms with van der Waals surface area (Å²) in [5, 5.41) is 3.76. The molecule has 1 N–H and O–H groups in total. The van der Waals surface area contributed by atoms with Gasteiger partial charge in [0.2, 0.25) is 0 Å². The van der Waals surface area contributed by atoms with Gasteiger partial charge in [-0.15, -0.1) is 0 Å². The van der Waals surface area contributed by atoms with Gasteiger partial charge in [-0.25, -0.2) is 0 Å². The summed E-state index contributed by atoms with van der Waals surface area (Å²) in [5.74, 6) is 1.52. The van der Waals surface area contributed by atoms with Crippen LogP contribution in [0.15, 0.2) is 12.1 Å². The fraction of sp³-hybridized carbons (Fsp3) is 0.400. The highest BCUT2D eigenvalue weighted by molar-refractivity contribution is 6.31. The van der Waals surface area contributed by atoms with Crippen LogP contribution in [-0.2, 0) is 6.54 Å². The van der Waals surface area contributed by atoms with Gasteiger partial charge in [0.25, 0.3) is 0 Å². The van der Waals surface area contributed by atoms with E-state index in [-0.39, 0.29) is 0 Å². The summed E-state index contributed by atoms with van der Waals surface area (Å²) < 4.78 is 10.9. The van der Waals surface area contributed by atoms with Gasteiger partial charge in [0.1, 0.15) is 13.2 Å². The molecule has 1 aliphatic heterocycles. The third-order valence-corrected chi connectivity index (χ3v) is 2.43. The molecule has 0 fully saturated rings. The molecule has 0 spiro atoms. The van der Waals surface area contributed by atoms with E-state index in [1.165, 1.54) is 0 Å². The van der Waals surface area contributed by atoms with Crippen molar-refractivity contribution in [2.75, 3.05) is 20.3 Å². The molecule has 76 valence electrons. The Kier molecular flexibility index (Phi) is 2.79. The van der Waals surface area contributed by atoms with Crippen molar-refractivity contribution in [3.8, 4) is 11.5 Å². The van der Waals surface area contributed by atoms with Crippen LogP contribution in [0.3, 0.4) is 0 Å². The highest BCUT2D eigenvalue weighted by Crippen LogP contribution is 2.35. The molecule has 1 heterocycles. The molecular formula is C10H12ClNO2. The number of nitrogens with one attached hydrogen (secondary N) is 1. The molecule has 0 aliphatic carbocycles. The highest BCUT2D eigenvalue weighted by Gasteiger charge is 2.14. The van der Waals surface area contributed by atoms with Crippen molar-refractivity contribution in [2.45, 2.75) is 6.54 Å². The second-order valence-corrected chi connectivity index (χ2v) is 3.52. The number of hydrogen-bond acceptors (Lipinski definition) is 3. The maximum atomic E-state index is 6.06. The number of halogens is 1. The van der Waals surface area contributed by atoms with Crippen molar-refractivity contribution >= 4 is 11.6 Å². The largest absolute Gasteiger partial charge is 0.486 e. The fourth-order valence-electron chi connectivity index (χ4n) is 1.43. The van der Waals surface area contributed by atoms with Gasteiger partial charge in [0.15, 0.2) is 11.5 Å². The molecular weight excluding hydrogens is 202 g/mol. The molecule has 3 nitrogen and oxygen atoms in total. The number of fused-ring (bicyclic) bond motifs is 1. The van der Waals surface area contributed by atoms with Gasteiger partial charge in [-0.2, -0.15) is 0 Å². The van der Waals surface area contributed by atoms with Crippen LogP contribution in [0.1, 0.15) is 5.56 Å². The third kappa shape index (κ3) is 1.79. The summed E-state index contributed by atoms with van der Waals surface area (Å²) in [5.41, 5.74) is 1.03. The molecule has 2 rings (SSSR count). The lowest BCUT2D eigenvalue weighted by Gasteiger charge is -2.19. The van der Waals surface area contributed by atoms with Crippen LogP contribution in [-0.4, -0.2) is 20.3 Å². The molecule has 0 radical (unpaired) electrons. The first kappa shape index (κ1) is 9.62. The second-order valence-electron chi connectivity index (χ2n) is 3.12. The molecule has 0 saturated heterocycles. The molecule has 0 saturated carbocycles. The van der Waals surface area contributed by atoms with E-state index < -0.39 is 0 Å². The van der Waals surface area contributed by atoms with E-state index in [4.69, 9.17) is 21.1 Å². The summed E-state index contributed by atoms with van der Waals surface area (Å²) in [7, 11) is 1.88. The van der Waals surface area contributed by atoms with Gasteiger partial charge in [-0.3, -0.25) is 0 Å². The lowest BCUT2D eigenvalue weighted by atomic mass is 10.2. The van der Waals surface area contributed by atoms with Gasteiger partial charge >= 0.3 is 0 Å². The van der Waals surface area contributed by atoms with E-state index in [0.717, 1.165) is 23.6 Å². The van der Waals surface area contributed by atoms with Crippen molar-refractivity contribution in [3.05, 3.63) is 22.7 Å². The number of ether oxygens (including phenoxy) is 2. The van der Waals surface area contributed by atoms with Gasteiger partial charge in [-0.1, -0.05) is 11.6 Å². The van der Waals surface area contributed by atoms with Crippen LogP contribution in [0.2, 0.25) is 5.02 Å². The summed E-state index contributed by atoms with van der Waals surface area (Å²) >= 11 is 6.06. The van der Waals surface area contributed by atoms with E-state index in [1.54, 1.807) is 0 Å². The number of benzene rings is 1. The van der Waals surface area contributed by atoms with Gasteiger partial charge < -0.3 is 14.8 Å². The van der Waals surface area contributed by atoms with Gasteiger partial charge in [0.05, 0.1) is 0 Å². The third-order valence-electron chi connectivity index (χ3n) is 2.08. The average Bonchev–Trinajstić information content (AvgIpc) is 2.19. The quantitative estimate of drug-likeness (QED) is 0.813. The van der Waals surface area contributed by atoms with Crippen molar-refractivity contribution < 1.29 is 9.47 Å². The summed E-state index contributed by atoms with van der Waals surface area (Å²) in [6.07, 6.45) is 0. The van der Waals surface area contributed by atoms with Crippen LogP contribution in [0.5, 0.6) is 11.5 Å². The van der Waals surface area contributed by atoms with Crippen LogP contribution in [0.25, 0.3) is 0 Å². The Hall–Kier alpha value is -0.930. The van der Waals surface area contributed by atoms with Crippen molar-refractivity contribution in [3.63, 3.8) is 0 Å². The molecule has 0 amide bonds. The molecule has 0 unspecified atom stereocenters. The standard InChI is InChI=1S/C10H12ClNO2/c1-12-6-7-4-9-10(5-8(7)11)14-3-2-13-9/h4-5,12H,2-3,6H2,1H3. The topological polar surface area (TPSA) is 30.5 Å². The zero-order valence-electron chi connectivity index (χ0n) is 7.97. The summed E-state index contributed by atoms with van der Waals surface area (Å²) in [4.78, 5) is 0. The van der Waals surface area contributed by atoms with Crippen LogP contribution >= 0.6 is 11.6 Å². The van der Waals surface area contributed by atoms with Crippen LogP contribution in [0.4, 0.5) is 0 Å². The van der Waals surface area contributed by atoms with E-state index in [1.807, 2.05) is 19.2 Å². The van der Waals surface area contributed by atoms with Gasteiger partial charge in [-0.05, 0) is 18.7 Å². The van der Waals surface area contributed by atoms with E-state index in [2.05, 4.69) is 5.32 Å². The molecule has 1 aromatic carbocycles. The smallest absolute Gasteiger partial charge is 0.162 e. The maximum Gasteiger partial charge on any atom is 0.162 e. The first-order chi connectivity index (χ1) is 6.81. The fourth-order valence-corrected chi connectivity index (χ4v) is 1.65. The monoisotopic (exact) mass is 213 g/mol. The zero-order chi connectivity index (χ0) is 9.97. The minimum atomic E-state index is 0.592. The van der Waals surface area contributed by atoms with Crippen LogP contribution in [0, 0.1) is 0 Å². The van der Waals surface area contributed by atoms with Crippen molar-refractivity contribution in [2.24, 2.45) is 0 Å². The van der Waals surface area contributed by atoms with E-state index in [9.17, 15) is 0 Å². The molecule has 0 atom stereocenters. The van der Waals surface area contributed by atoms with Crippen molar-refractivity contribution in [1.82, 2.24) is 5.32 Å². The second kappa shape index (κ2) is 4.07. The highest BCUT2D eigenvalue weighted by atomic mass is 35.5. The summed E-state index contributed by atoms with van der Waals surface area (Å²) in [6, 6.07) is 3.73. The van der Waals surface area contributed by atoms with Gasteiger partial charge in [0, 0.05) is 17.6 Å². The molecule has 1 aromatic rings. The minimum absolute atomic E-state index is 0.592. The maximum absolute atomic E-state index is 6.06. The molecule has 0 aromatic heterocycles. The van der Waals surface area contributed by atoms with E-state index >= 15 is 0 Å². The predicted octanol–water partition coefficient (Wildman–Crippen LogP) is 1.83. The minimum Gasteiger partial charge on any atom is -0.486 e. The average molecular weight is 214 g/mol. The molecule has 0 bridgehead atoms. The first-order valence-electron chi connectivity index (χ1n) is 4.54. The first-order valence-corrected chi connectivity index (χ1v) is 4.91. The molecule has 4 heteroatoms. The Balaban J connectivity index is 2.35. The Morgan fingerprint density at radius 2 is 1.93 bits per heavy atom. The number of hydrogen-bond donors (Lipinski definition) is 1. The van der Waals surface area contributed by atoms with Crippen LogP contribution < -0.4 is 14.8 Å². The Labute approximate surface area is 88.0 Å². The Morgan fingerprint density at radius 3 is 2.57 bits per heavy atom. The lowest BCUT2D eigenvalue weighted by Crippen LogP contribution is -2.16. The molecule has 1 aliphatic rings. The Morgan fingerprint density at radius 1 is 1.29 bits per heavy atom. The normalized spacial score (nSPS) is 14.1. The number of rotatable bonds is 2. The summed E-state index contributed by atoms with van der Waals surface area (Å²) in [6.45, 7) is 1.93. The Bertz CT molecular complexity index is 341. The zero-order valence-corrected chi connectivity index (χ0v) is 8.73.